The minimum atomic E-state index is -0.515. The van der Waals surface area contributed by atoms with Crippen molar-refractivity contribution in [3.05, 3.63) is 62.5 Å². The summed E-state index contributed by atoms with van der Waals surface area (Å²) >= 11 is 6.61. The molecule has 2 rings (SSSR count). The molecule has 21 heavy (non-hydrogen) atoms. The fraction of sp³-hybridized carbons (Fsp3) is 0.0667. The van der Waals surface area contributed by atoms with Gasteiger partial charge in [0, 0.05) is 8.95 Å². The number of nitrogens with one attached hydrogen (secondary N) is 1. The van der Waals surface area contributed by atoms with E-state index in [9.17, 15) is 9.59 Å². The number of ether oxygens (including phenoxy) is 1. The summed E-state index contributed by atoms with van der Waals surface area (Å²) in [7, 11) is 1.29. The Hall–Kier alpha value is -1.66. The molecule has 0 atom stereocenters. The van der Waals surface area contributed by atoms with E-state index in [1.54, 1.807) is 36.4 Å². The molecule has 0 saturated heterocycles. The summed E-state index contributed by atoms with van der Waals surface area (Å²) < 4.78 is 6.13. The van der Waals surface area contributed by atoms with Gasteiger partial charge >= 0.3 is 5.97 Å². The molecule has 0 spiro atoms. The van der Waals surface area contributed by atoms with Crippen molar-refractivity contribution in [2.75, 3.05) is 12.4 Å². The van der Waals surface area contributed by atoms with E-state index in [4.69, 9.17) is 4.74 Å². The van der Waals surface area contributed by atoms with E-state index in [1.165, 1.54) is 7.11 Å². The van der Waals surface area contributed by atoms with Crippen LogP contribution < -0.4 is 5.32 Å². The van der Waals surface area contributed by atoms with E-state index in [-0.39, 0.29) is 11.5 Å². The van der Waals surface area contributed by atoms with Crippen molar-refractivity contribution < 1.29 is 14.3 Å². The predicted octanol–water partition coefficient (Wildman–Crippen LogP) is 4.25. The smallest absolute Gasteiger partial charge is 0.340 e. The summed E-state index contributed by atoms with van der Waals surface area (Å²) in [5.74, 6) is -0.825. The summed E-state index contributed by atoms with van der Waals surface area (Å²) in [5, 5.41) is 2.72. The second-order valence-corrected chi connectivity index (χ2v) is 5.89. The predicted molar refractivity (Wildman–Crippen MR) is 87.6 cm³/mol. The molecule has 0 bridgehead atoms. The largest absolute Gasteiger partial charge is 0.465 e. The Labute approximate surface area is 138 Å². The fourth-order valence-corrected chi connectivity index (χ4v) is 2.57. The summed E-state index contributed by atoms with van der Waals surface area (Å²) in [5.41, 5.74) is 1.16. The van der Waals surface area contributed by atoms with Gasteiger partial charge in [-0.2, -0.15) is 0 Å². The summed E-state index contributed by atoms with van der Waals surface area (Å²) in [6.45, 7) is 0. The van der Waals surface area contributed by atoms with Crippen molar-refractivity contribution in [1.29, 1.82) is 0 Å². The average molecular weight is 413 g/mol. The molecule has 1 amide bonds. The molecule has 0 saturated carbocycles. The van der Waals surface area contributed by atoms with Gasteiger partial charge in [-0.1, -0.05) is 28.1 Å². The lowest BCUT2D eigenvalue weighted by atomic mass is 10.1. The van der Waals surface area contributed by atoms with Crippen LogP contribution in [0.3, 0.4) is 0 Å². The Bertz CT molecular complexity index is 701. The minimum absolute atomic E-state index is 0.285. The van der Waals surface area contributed by atoms with Gasteiger partial charge in [0.25, 0.3) is 5.91 Å². The minimum Gasteiger partial charge on any atom is -0.465 e. The van der Waals surface area contributed by atoms with Crippen LogP contribution in [0.2, 0.25) is 0 Å². The maximum absolute atomic E-state index is 12.3. The van der Waals surface area contributed by atoms with Gasteiger partial charge in [-0.15, -0.1) is 0 Å². The second kappa shape index (κ2) is 6.87. The van der Waals surface area contributed by atoms with Gasteiger partial charge in [0.05, 0.1) is 23.9 Å². The lowest BCUT2D eigenvalue weighted by Gasteiger charge is -2.11. The Kier molecular flexibility index (Phi) is 5.14. The van der Waals surface area contributed by atoms with Crippen molar-refractivity contribution in [3.63, 3.8) is 0 Å². The van der Waals surface area contributed by atoms with Gasteiger partial charge in [-0.05, 0) is 46.3 Å². The van der Waals surface area contributed by atoms with Crippen molar-refractivity contribution in [2.45, 2.75) is 0 Å². The number of methoxy groups -OCH3 is 1. The first-order valence-electron chi connectivity index (χ1n) is 5.96. The Morgan fingerprint density at radius 3 is 2.43 bits per heavy atom. The van der Waals surface area contributed by atoms with Crippen LogP contribution in [-0.4, -0.2) is 19.0 Å². The molecule has 0 aliphatic carbocycles. The molecule has 0 aliphatic heterocycles. The summed E-state index contributed by atoms with van der Waals surface area (Å²) in [6.07, 6.45) is 0. The highest BCUT2D eigenvalue weighted by molar-refractivity contribution is 9.10. The maximum Gasteiger partial charge on any atom is 0.340 e. The monoisotopic (exact) mass is 411 g/mol. The Morgan fingerprint density at radius 1 is 1.05 bits per heavy atom. The number of hydrogen-bond acceptors (Lipinski definition) is 3. The van der Waals surface area contributed by atoms with E-state index in [1.807, 2.05) is 6.07 Å². The fourth-order valence-electron chi connectivity index (χ4n) is 1.74. The normalized spacial score (nSPS) is 10.0. The van der Waals surface area contributed by atoms with Crippen LogP contribution in [0.5, 0.6) is 0 Å². The van der Waals surface area contributed by atoms with Gasteiger partial charge < -0.3 is 10.1 Å². The molecule has 0 aliphatic rings. The molecule has 108 valence electrons. The Morgan fingerprint density at radius 2 is 1.76 bits per heavy atom. The topological polar surface area (TPSA) is 55.4 Å². The first-order chi connectivity index (χ1) is 10.0. The van der Waals surface area contributed by atoms with Crippen molar-refractivity contribution in [1.82, 2.24) is 0 Å². The highest BCUT2D eigenvalue weighted by atomic mass is 79.9. The molecule has 0 unspecified atom stereocenters. The number of anilines is 1. The van der Waals surface area contributed by atoms with Crippen molar-refractivity contribution >= 4 is 49.4 Å². The number of carbonyl (C=O) groups excluding carboxylic acids is 2. The lowest BCUT2D eigenvalue weighted by Crippen LogP contribution is -2.15. The lowest BCUT2D eigenvalue weighted by molar-refractivity contribution is 0.0602. The average Bonchev–Trinajstić information content (AvgIpc) is 2.48. The van der Waals surface area contributed by atoms with Crippen LogP contribution in [0.4, 0.5) is 5.69 Å². The maximum atomic E-state index is 12.3. The van der Waals surface area contributed by atoms with Gasteiger partial charge in [0.1, 0.15) is 0 Å². The molecule has 0 fully saturated rings. The standard InChI is InChI=1S/C15H11Br2NO3/c1-21-15(20)11-8-9(16)6-7-13(11)18-14(19)10-4-2-3-5-12(10)17/h2-8H,1H3,(H,18,19). The molecule has 0 aromatic heterocycles. The SMILES string of the molecule is COC(=O)c1cc(Br)ccc1NC(=O)c1ccccc1Br. The van der Waals surface area contributed by atoms with E-state index in [2.05, 4.69) is 37.2 Å². The van der Waals surface area contributed by atoms with E-state index >= 15 is 0 Å². The van der Waals surface area contributed by atoms with Crippen LogP contribution in [0.1, 0.15) is 20.7 Å². The second-order valence-electron chi connectivity index (χ2n) is 4.12. The van der Waals surface area contributed by atoms with Crippen molar-refractivity contribution in [2.24, 2.45) is 0 Å². The number of amides is 1. The van der Waals surface area contributed by atoms with E-state index < -0.39 is 5.97 Å². The van der Waals surface area contributed by atoms with Gasteiger partial charge in [-0.3, -0.25) is 4.79 Å². The molecule has 6 heteroatoms. The van der Waals surface area contributed by atoms with Gasteiger partial charge in [0.2, 0.25) is 0 Å². The number of halogens is 2. The third-order valence-corrected chi connectivity index (χ3v) is 3.94. The molecule has 2 aromatic rings. The zero-order chi connectivity index (χ0) is 15.4. The van der Waals surface area contributed by atoms with E-state index in [0.29, 0.717) is 15.7 Å². The van der Waals surface area contributed by atoms with Crippen LogP contribution in [0.25, 0.3) is 0 Å². The third-order valence-electron chi connectivity index (χ3n) is 2.75. The zero-order valence-electron chi connectivity index (χ0n) is 11.0. The number of hydrogen-bond donors (Lipinski definition) is 1. The van der Waals surface area contributed by atoms with Crippen molar-refractivity contribution in [3.8, 4) is 0 Å². The van der Waals surface area contributed by atoms with Gasteiger partial charge in [0.15, 0.2) is 0 Å². The molecular weight excluding hydrogens is 402 g/mol. The number of benzene rings is 2. The van der Waals surface area contributed by atoms with Crippen LogP contribution >= 0.6 is 31.9 Å². The highest BCUT2D eigenvalue weighted by Gasteiger charge is 2.16. The Balaban J connectivity index is 2.34. The van der Waals surface area contributed by atoms with Gasteiger partial charge in [-0.25, -0.2) is 4.79 Å². The van der Waals surface area contributed by atoms with Crippen LogP contribution in [-0.2, 0) is 4.74 Å². The number of esters is 1. The molecule has 2 aromatic carbocycles. The molecule has 4 nitrogen and oxygen atoms in total. The van der Waals surface area contributed by atoms with E-state index in [0.717, 1.165) is 4.47 Å². The quantitative estimate of drug-likeness (QED) is 0.766. The summed E-state index contributed by atoms with van der Waals surface area (Å²) in [6, 6.07) is 12.0. The number of rotatable bonds is 3. The first-order valence-corrected chi connectivity index (χ1v) is 7.55. The number of carbonyl (C=O) groups is 2. The molecule has 1 N–H and O–H groups in total. The highest BCUT2D eigenvalue weighted by Crippen LogP contribution is 2.24. The zero-order valence-corrected chi connectivity index (χ0v) is 14.2. The molecule has 0 radical (unpaired) electrons. The molecule has 0 heterocycles. The third kappa shape index (κ3) is 3.71. The summed E-state index contributed by atoms with van der Waals surface area (Å²) in [4.78, 5) is 24.0. The van der Waals surface area contributed by atoms with Crippen LogP contribution in [0, 0.1) is 0 Å². The molecular formula is C15H11Br2NO3. The van der Waals surface area contributed by atoms with Crippen LogP contribution in [0.15, 0.2) is 51.4 Å². The first kappa shape index (κ1) is 15.7.